The van der Waals surface area contributed by atoms with Gasteiger partial charge in [0.2, 0.25) is 10.0 Å². The molecule has 1 fully saturated rings. The number of amides is 1. The molecule has 2 unspecified atom stereocenters. The van der Waals surface area contributed by atoms with Gasteiger partial charge in [0, 0.05) is 6.54 Å². The number of carbonyl (C=O) groups excluding carboxylic acids is 1. The maximum absolute atomic E-state index is 13.1. The number of nitrogens with one attached hydrogen (secondary N) is 1. The fourth-order valence-corrected chi connectivity index (χ4v) is 5.02. The molecule has 3 rings (SSSR count). The number of hydroxylamine groups is 1. The summed E-state index contributed by atoms with van der Waals surface area (Å²) >= 11 is 0. The van der Waals surface area contributed by atoms with Crippen LogP contribution in [0.2, 0.25) is 0 Å². The number of aliphatic hydroxyl groups is 1. The van der Waals surface area contributed by atoms with Gasteiger partial charge in [0.25, 0.3) is 5.91 Å². The number of sulfonamides is 1. The molecule has 3 N–H and O–H groups in total. The van der Waals surface area contributed by atoms with E-state index in [-0.39, 0.29) is 24.3 Å². The van der Waals surface area contributed by atoms with Crippen molar-refractivity contribution in [1.82, 2.24) is 9.79 Å². The zero-order valence-corrected chi connectivity index (χ0v) is 16.8. The van der Waals surface area contributed by atoms with Crippen molar-refractivity contribution in [2.75, 3.05) is 6.54 Å². The van der Waals surface area contributed by atoms with Gasteiger partial charge < -0.3 is 9.84 Å². The Balaban J connectivity index is 1.79. The van der Waals surface area contributed by atoms with Gasteiger partial charge in [-0.2, -0.15) is 4.31 Å². The van der Waals surface area contributed by atoms with Crippen molar-refractivity contribution < 1.29 is 28.3 Å². The van der Waals surface area contributed by atoms with Gasteiger partial charge in [0.15, 0.2) is 0 Å². The SMILES string of the molecule is CC1(O)CCC(C(=O)NO)N(S(=O)(=O)c2ccc(OCc3ccccc3)cc2)C1. The lowest BCUT2D eigenvalue weighted by Gasteiger charge is -2.40. The predicted molar refractivity (Wildman–Crippen MR) is 105 cm³/mol. The van der Waals surface area contributed by atoms with E-state index in [0.717, 1.165) is 9.87 Å². The van der Waals surface area contributed by atoms with Gasteiger partial charge in [0.1, 0.15) is 18.4 Å². The van der Waals surface area contributed by atoms with E-state index in [1.54, 1.807) is 12.1 Å². The third-order valence-corrected chi connectivity index (χ3v) is 6.76. The first kappa shape index (κ1) is 21.3. The number of rotatable bonds is 6. The lowest BCUT2D eigenvalue weighted by molar-refractivity contribution is -0.136. The highest BCUT2D eigenvalue weighted by atomic mass is 32.2. The Morgan fingerprint density at radius 3 is 2.48 bits per heavy atom. The average Bonchev–Trinajstić information content (AvgIpc) is 2.72. The highest BCUT2D eigenvalue weighted by Crippen LogP contribution is 2.31. The minimum atomic E-state index is -4.08. The fourth-order valence-electron chi connectivity index (χ4n) is 3.29. The van der Waals surface area contributed by atoms with Crippen LogP contribution in [-0.4, -0.2) is 47.1 Å². The maximum Gasteiger partial charge on any atom is 0.261 e. The number of benzene rings is 2. The Morgan fingerprint density at radius 1 is 1.21 bits per heavy atom. The number of ether oxygens (including phenoxy) is 1. The van der Waals surface area contributed by atoms with Crippen molar-refractivity contribution in [3.8, 4) is 5.75 Å². The first-order valence-corrected chi connectivity index (χ1v) is 10.6. The van der Waals surface area contributed by atoms with E-state index in [4.69, 9.17) is 9.94 Å². The lowest BCUT2D eigenvalue weighted by Crippen LogP contribution is -2.58. The van der Waals surface area contributed by atoms with E-state index in [0.29, 0.717) is 12.4 Å². The average molecular weight is 420 g/mol. The van der Waals surface area contributed by atoms with Gasteiger partial charge in [-0.15, -0.1) is 0 Å². The zero-order valence-electron chi connectivity index (χ0n) is 16.0. The molecule has 8 nitrogen and oxygen atoms in total. The Labute approximate surface area is 169 Å². The molecule has 1 aliphatic rings. The Hall–Kier alpha value is -2.46. The van der Waals surface area contributed by atoms with E-state index in [2.05, 4.69) is 0 Å². The van der Waals surface area contributed by atoms with Gasteiger partial charge in [-0.1, -0.05) is 30.3 Å². The standard InChI is InChI=1S/C20H24N2O6S/c1-20(24)12-11-18(19(23)21-25)22(14-20)29(26,27)17-9-7-16(8-10-17)28-13-15-5-3-2-4-6-15/h2-10,18,24-25H,11-14H2,1H3,(H,21,23). The number of carbonyl (C=O) groups is 1. The predicted octanol–water partition coefficient (Wildman–Crippen LogP) is 1.68. The molecule has 0 aromatic heterocycles. The summed E-state index contributed by atoms with van der Waals surface area (Å²) in [6.45, 7) is 1.61. The molecule has 1 aliphatic heterocycles. The summed E-state index contributed by atoms with van der Waals surface area (Å²) in [6.07, 6.45) is 0.334. The molecule has 0 radical (unpaired) electrons. The number of nitrogens with zero attached hydrogens (tertiary/aromatic N) is 1. The first-order valence-electron chi connectivity index (χ1n) is 9.18. The number of hydrogen-bond acceptors (Lipinski definition) is 6. The summed E-state index contributed by atoms with van der Waals surface area (Å²) in [6, 6.07) is 14.3. The van der Waals surface area contributed by atoms with E-state index in [9.17, 15) is 18.3 Å². The van der Waals surface area contributed by atoms with E-state index in [1.165, 1.54) is 24.5 Å². The molecule has 0 spiro atoms. The number of β-amino-alcohol motifs (C(OH)–C–C–N with tert-alkyl or cyclic N) is 1. The summed E-state index contributed by atoms with van der Waals surface area (Å²) in [5.74, 6) is -0.324. The van der Waals surface area contributed by atoms with Gasteiger partial charge in [0.05, 0.1) is 10.5 Å². The van der Waals surface area contributed by atoms with Crippen molar-refractivity contribution in [2.24, 2.45) is 0 Å². The molecule has 29 heavy (non-hydrogen) atoms. The topological polar surface area (TPSA) is 116 Å². The Kier molecular flexibility index (Phi) is 6.23. The van der Waals surface area contributed by atoms with Crippen molar-refractivity contribution in [1.29, 1.82) is 0 Å². The molecule has 9 heteroatoms. The number of piperidine rings is 1. The fraction of sp³-hybridized carbons (Fsp3) is 0.350. The van der Waals surface area contributed by atoms with Crippen molar-refractivity contribution in [2.45, 2.75) is 42.9 Å². The van der Waals surface area contributed by atoms with Crippen LogP contribution in [0.5, 0.6) is 5.75 Å². The van der Waals surface area contributed by atoms with Crippen LogP contribution >= 0.6 is 0 Å². The van der Waals surface area contributed by atoms with Gasteiger partial charge in [-0.05, 0) is 49.6 Å². The van der Waals surface area contributed by atoms with Crippen molar-refractivity contribution >= 4 is 15.9 Å². The summed E-state index contributed by atoms with van der Waals surface area (Å²) in [5.41, 5.74) is 1.23. The van der Waals surface area contributed by atoms with Gasteiger partial charge in [-0.25, -0.2) is 13.9 Å². The largest absolute Gasteiger partial charge is 0.489 e. The van der Waals surface area contributed by atoms with Crippen LogP contribution in [0, 0.1) is 0 Å². The summed E-state index contributed by atoms with van der Waals surface area (Å²) in [7, 11) is -4.08. The van der Waals surface area contributed by atoms with E-state index in [1.807, 2.05) is 30.3 Å². The molecule has 1 amide bonds. The second-order valence-corrected chi connectivity index (χ2v) is 9.21. The zero-order chi connectivity index (χ0) is 21.1. The van der Waals surface area contributed by atoms with Crippen LogP contribution in [-0.2, 0) is 21.4 Å². The third kappa shape index (κ3) is 4.94. The molecule has 2 atom stereocenters. The second kappa shape index (κ2) is 8.50. The Bertz CT molecular complexity index is 945. The molecule has 1 saturated heterocycles. The van der Waals surface area contributed by atoms with Crippen LogP contribution in [0.4, 0.5) is 0 Å². The van der Waals surface area contributed by atoms with Crippen LogP contribution in [0.1, 0.15) is 25.3 Å². The monoisotopic (exact) mass is 420 g/mol. The van der Waals surface area contributed by atoms with Crippen molar-refractivity contribution in [3.05, 3.63) is 60.2 Å². The molecule has 2 aromatic rings. The van der Waals surface area contributed by atoms with Crippen molar-refractivity contribution in [3.63, 3.8) is 0 Å². The van der Waals surface area contributed by atoms with Gasteiger partial charge in [-0.3, -0.25) is 10.0 Å². The highest BCUT2D eigenvalue weighted by molar-refractivity contribution is 7.89. The first-order chi connectivity index (χ1) is 13.7. The van der Waals surface area contributed by atoms with E-state index >= 15 is 0 Å². The minimum Gasteiger partial charge on any atom is -0.489 e. The normalized spacial score (nSPS) is 22.8. The van der Waals surface area contributed by atoms with Gasteiger partial charge >= 0.3 is 0 Å². The third-order valence-electron chi connectivity index (χ3n) is 4.89. The summed E-state index contributed by atoms with van der Waals surface area (Å²) < 4.78 is 32.8. The molecule has 0 saturated carbocycles. The molecule has 0 bridgehead atoms. The minimum absolute atomic E-state index is 0.0296. The van der Waals surface area contributed by atoms with Crippen LogP contribution in [0.25, 0.3) is 0 Å². The molecular formula is C20H24N2O6S. The smallest absolute Gasteiger partial charge is 0.261 e. The second-order valence-electron chi connectivity index (χ2n) is 7.32. The summed E-state index contributed by atoms with van der Waals surface area (Å²) in [5, 5.41) is 19.3. The van der Waals surface area contributed by atoms with E-state index < -0.39 is 27.6 Å². The molecule has 156 valence electrons. The Morgan fingerprint density at radius 2 is 1.86 bits per heavy atom. The van der Waals surface area contributed by atoms with Crippen LogP contribution in [0.3, 0.4) is 0 Å². The molecule has 0 aliphatic carbocycles. The van der Waals surface area contributed by atoms with Crippen LogP contribution < -0.4 is 10.2 Å². The molecular weight excluding hydrogens is 396 g/mol. The number of hydrogen-bond donors (Lipinski definition) is 3. The lowest BCUT2D eigenvalue weighted by atomic mass is 9.92. The highest BCUT2D eigenvalue weighted by Gasteiger charge is 2.44. The van der Waals surface area contributed by atoms with Crippen LogP contribution in [0.15, 0.2) is 59.5 Å². The maximum atomic E-state index is 13.1. The summed E-state index contributed by atoms with van der Waals surface area (Å²) in [4.78, 5) is 11.9. The molecule has 1 heterocycles. The molecule has 2 aromatic carbocycles. The quantitative estimate of drug-likeness (QED) is 0.484.